The number of likely N-dealkylation sites (N-methyl/N-ethyl adjacent to an activating group) is 1. The van der Waals surface area contributed by atoms with E-state index in [0.29, 0.717) is 23.9 Å². The molecule has 3 unspecified atom stereocenters. The molecule has 0 rings (SSSR count). The molecule has 1 N–H and O–H groups in total. The van der Waals surface area contributed by atoms with Crippen LogP contribution in [0, 0.1) is 0 Å². The Morgan fingerprint density at radius 3 is 1.43 bits per heavy atom. The van der Waals surface area contributed by atoms with Crippen molar-refractivity contribution in [2.75, 3.05) is 40.9 Å². The number of phosphoric acid groups is 1. The quantitative estimate of drug-likeness (QED) is 0.0212. The number of hydrogen-bond acceptors (Lipinski definition) is 7. The SMILES string of the molecule is CC/C=C/C/C=C/C/C=C/CCCCCCC(=O)OC(/C=C/CCCCCCCCCCC)C(COP(=O)([O-])OCC[N+](C)(C)C)NC(=O)CCCCCCCCC/C=C/CCCCCCCC. The van der Waals surface area contributed by atoms with Crippen molar-refractivity contribution in [3.8, 4) is 0 Å². The molecule has 0 aromatic heterocycles. The number of unbranched alkanes of at least 4 members (excludes halogenated alkanes) is 26. The highest BCUT2D eigenvalue weighted by molar-refractivity contribution is 7.45. The van der Waals surface area contributed by atoms with Gasteiger partial charge < -0.3 is 28.5 Å². The van der Waals surface area contributed by atoms with E-state index in [1.807, 2.05) is 33.3 Å². The van der Waals surface area contributed by atoms with Gasteiger partial charge in [0.15, 0.2) is 0 Å². The number of amides is 1. The summed E-state index contributed by atoms with van der Waals surface area (Å²) in [7, 11) is 1.16. The molecule has 68 heavy (non-hydrogen) atoms. The van der Waals surface area contributed by atoms with E-state index in [9.17, 15) is 19.0 Å². The van der Waals surface area contributed by atoms with Crippen LogP contribution in [0.15, 0.2) is 60.8 Å². The van der Waals surface area contributed by atoms with E-state index < -0.39 is 26.6 Å². The van der Waals surface area contributed by atoms with E-state index in [2.05, 4.69) is 74.7 Å². The van der Waals surface area contributed by atoms with Crippen LogP contribution in [0.3, 0.4) is 0 Å². The van der Waals surface area contributed by atoms with Gasteiger partial charge in [-0.15, -0.1) is 0 Å². The van der Waals surface area contributed by atoms with Gasteiger partial charge >= 0.3 is 5.97 Å². The number of nitrogens with one attached hydrogen (secondary N) is 1. The van der Waals surface area contributed by atoms with E-state index in [1.54, 1.807) is 0 Å². The van der Waals surface area contributed by atoms with Crippen molar-refractivity contribution in [2.45, 2.75) is 258 Å². The summed E-state index contributed by atoms with van der Waals surface area (Å²) in [6.45, 7) is 6.69. The molecule has 0 spiro atoms. The largest absolute Gasteiger partial charge is 0.756 e. The average molecular weight is 975 g/mol. The lowest BCUT2D eigenvalue weighted by Gasteiger charge is -2.30. The summed E-state index contributed by atoms with van der Waals surface area (Å²) in [5, 5.41) is 3.01. The van der Waals surface area contributed by atoms with Crippen molar-refractivity contribution in [2.24, 2.45) is 0 Å². The topological polar surface area (TPSA) is 114 Å². The van der Waals surface area contributed by atoms with Gasteiger partial charge in [-0.3, -0.25) is 14.2 Å². The normalized spacial score (nSPS) is 14.3. The summed E-state index contributed by atoms with van der Waals surface area (Å²) in [5.74, 6) is -0.572. The van der Waals surface area contributed by atoms with E-state index in [4.69, 9.17) is 13.8 Å². The van der Waals surface area contributed by atoms with E-state index in [1.165, 1.54) is 109 Å². The molecule has 0 aromatic rings. The molecule has 0 aliphatic rings. The maximum atomic E-state index is 13.5. The summed E-state index contributed by atoms with van der Waals surface area (Å²) < 4.78 is 30.2. The van der Waals surface area contributed by atoms with E-state index in [0.717, 1.165) is 96.3 Å². The molecule has 0 saturated carbocycles. The van der Waals surface area contributed by atoms with Gasteiger partial charge in [0.2, 0.25) is 5.91 Å². The Labute approximate surface area is 420 Å². The van der Waals surface area contributed by atoms with Crippen molar-refractivity contribution >= 4 is 19.7 Å². The first kappa shape index (κ1) is 65.7. The average Bonchev–Trinajstić information content (AvgIpc) is 3.29. The lowest BCUT2D eigenvalue weighted by atomic mass is 10.1. The van der Waals surface area contributed by atoms with Gasteiger partial charge in [0.1, 0.15) is 19.3 Å². The van der Waals surface area contributed by atoms with Gasteiger partial charge in [-0.1, -0.05) is 204 Å². The molecule has 396 valence electrons. The lowest BCUT2D eigenvalue weighted by molar-refractivity contribution is -0.870. The summed E-state index contributed by atoms with van der Waals surface area (Å²) in [6.07, 6.45) is 59.0. The Kier molecular flexibility index (Phi) is 46.7. The minimum absolute atomic E-state index is 0.0282. The van der Waals surface area contributed by atoms with Gasteiger partial charge in [0, 0.05) is 12.8 Å². The maximum Gasteiger partial charge on any atom is 0.306 e. The number of nitrogens with zero attached hydrogens (tertiary/aromatic N) is 1. The Morgan fingerprint density at radius 1 is 0.529 bits per heavy atom. The molecule has 0 aliphatic carbocycles. The highest BCUT2D eigenvalue weighted by Gasteiger charge is 2.27. The first-order chi connectivity index (χ1) is 32.9. The van der Waals surface area contributed by atoms with Crippen LogP contribution in [0.5, 0.6) is 0 Å². The second-order valence-electron chi connectivity index (χ2n) is 20.1. The smallest absolute Gasteiger partial charge is 0.306 e. The molecule has 3 atom stereocenters. The molecule has 0 heterocycles. The van der Waals surface area contributed by atoms with Gasteiger partial charge in [-0.05, 0) is 89.5 Å². The number of carbonyl (C=O) groups is 2. The van der Waals surface area contributed by atoms with E-state index >= 15 is 0 Å². The minimum atomic E-state index is -4.70. The molecule has 0 aliphatic heterocycles. The van der Waals surface area contributed by atoms with Gasteiger partial charge in [-0.2, -0.15) is 0 Å². The minimum Gasteiger partial charge on any atom is -0.756 e. The molecule has 0 bridgehead atoms. The van der Waals surface area contributed by atoms with Crippen molar-refractivity contribution in [1.82, 2.24) is 5.32 Å². The molecule has 0 radical (unpaired) electrons. The third-order valence-electron chi connectivity index (χ3n) is 12.2. The lowest BCUT2D eigenvalue weighted by Crippen LogP contribution is -2.47. The fraction of sp³-hybridized carbons (Fsp3) is 0.793. The predicted octanol–water partition coefficient (Wildman–Crippen LogP) is 16.1. The molecule has 9 nitrogen and oxygen atoms in total. The third-order valence-corrected chi connectivity index (χ3v) is 13.1. The predicted molar refractivity (Wildman–Crippen MR) is 289 cm³/mol. The molecular weight excluding hydrogens is 868 g/mol. The van der Waals surface area contributed by atoms with Crippen LogP contribution in [-0.4, -0.2) is 69.4 Å². The van der Waals surface area contributed by atoms with Crippen LogP contribution in [-0.2, 0) is 27.9 Å². The molecular formula is C58H107N2O7P. The van der Waals surface area contributed by atoms with Crippen molar-refractivity contribution in [3.05, 3.63) is 60.8 Å². The first-order valence-electron chi connectivity index (χ1n) is 28.1. The first-order valence-corrected chi connectivity index (χ1v) is 29.6. The number of ether oxygens (including phenoxy) is 1. The van der Waals surface area contributed by atoms with Crippen molar-refractivity contribution < 1.29 is 37.3 Å². The van der Waals surface area contributed by atoms with Crippen LogP contribution in [0.2, 0.25) is 0 Å². The summed E-state index contributed by atoms with van der Waals surface area (Å²) in [5.41, 5.74) is 0. The summed E-state index contributed by atoms with van der Waals surface area (Å²) >= 11 is 0. The Hall–Kier alpha value is -2.29. The number of rotatable bonds is 50. The Balaban J connectivity index is 5.36. The van der Waals surface area contributed by atoms with E-state index in [-0.39, 0.29) is 24.9 Å². The number of hydrogen-bond donors (Lipinski definition) is 1. The Bertz CT molecular complexity index is 1350. The van der Waals surface area contributed by atoms with Gasteiger partial charge in [0.25, 0.3) is 7.82 Å². The second-order valence-corrected chi connectivity index (χ2v) is 21.5. The third kappa shape index (κ3) is 48.7. The highest BCUT2D eigenvalue weighted by Crippen LogP contribution is 2.38. The van der Waals surface area contributed by atoms with Crippen LogP contribution >= 0.6 is 7.82 Å². The maximum absolute atomic E-state index is 13.5. The van der Waals surface area contributed by atoms with Crippen LogP contribution < -0.4 is 10.2 Å². The molecule has 10 heteroatoms. The fourth-order valence-electron chi connectivity index (χ4n) is 7.82. The van der Waals surface area contributed by atoms with Crippen LogP contribution in [0.25, 0.3) is 0 Å². The molecule has 1 amide bonds. The number of allylic oxidation sites excluding steroid dienone is 9. The second kappa shape index (κ2) is 48.3. The van der Waals surface area contributed by atoms with Gasteiger partial charge in [0.05, 0.1) is 33.8 Å². The zero-order valence-corrected chi connectivity index (χ0v) is 45.9. The number of esters is 1. The van der Waals surface area contributed by atoms with Crippen molar-refractivity contribution in [3.63, 3.8) is 0 Å². The van der Waals surface area contributed by atoms with Gasteiger partial charge in [-0.25, -0.2) is 0 Å². The number of phosphoric ester groups is 1. The number of carbonyl (C=O) groups excluding carboxylic acids is 2. The molecule has 0 saturated heterocycles. The molecule has 0 aromatic carbocycles. The van der Waals surface area contributed by atoms with Crippen LogP contribution in [0.1, 0.15) is 245 Å². The monoisotopic (exact) mass is 975 g/mol. The van der Waals surface area contributed by atoms with Crippen LogP contribution in [0.4, 0.5) is 0 Å². The highest BCUT2D eigenvalue weighted by atomic mass is 31.2. The van der Waals surface area contributed by atoms with Crippen molar-refractivity contribution in [1.29, 1.82) is 0 Å². The molecule has 0 fully saturated rings. The zero-order chi connectivity index (χ0) is 50.1. The standard InChI is InChI=1S/C58H107N2O7P/c1-7-10-13-16-19-22-25-27-29-30-31-32-35-38-41-44-47-50-57(61)59-55(54-66-68(63,64)65-53-52-60(4,5)6)56(49-46-43-40-37-34-24-21-18-15-12-9-3)67-58(62)51-48-45-42-39-36-33-28-26-23-20-17-14-11-8-2/h11,14,20,23,27-29,33,46,49,55-56H,7-10,12-13,15-19,21-22,24-26,30-32,34-45,47-48,50-54H2,1-6H3,(H-,59,61,63,64)/b14-11+,23-20+,29-27+,33-28+,49-46+. The fourth-order valence-corrected chi connectivity index (χ4v) is 8.55. The summed E-state index contributed by atoms with van der Waals surface area (Å²) in [6, 6.07) is -0.899. The Morgan fingerprint density at radius 2 is 0.941 bits per heavy atom. The number of quaternary nitrogens is 1. The summed E-state index contributed by atoms with van der Waals surface area (Å²) in [4.78, 5) is 39.8. The zero-order valence-electron chi connectivity index (χ0n) is 45.1.